The van der Waals surface area contributed by atoms with Crippen LogP contribution in [0.2, 0.25) is 0 Å². The Hall–Kier alpha value is -2.33. The molecule has 2 aromatic rings. The topological polar surface area (TPSA) is 92.8 Å². The Morgan fingerprint density at radius 3 is 2.50 bits per heavy atom. The van der Waals surface area contributed by atoms with Crippen molar-refractivity contribution in [3.8, 4) is 5.75 Å². The number of nitrogens with one attached hydrogen (secondary N) is 1. The van der Waals surface area contributed by atoms with E-state index >= 15 is 0 Å². The van der Waals surface area contributed by atoms with Crippen molar-refractivity contribution >= 4 is 31.4 Å². The number of ether oxygens (including phenoxy) is 1. The summed E-state index contributed by atoms with van der Waals surface area (Å²) < 4.78 is 72.7. The summed E-state index contributed by atoms with van der Waals surface area (Å²) in [5.74, 6) is -0.360. The molecule has 152 valence electrons. The van der Waals surface area contributed by atoms with Gasteiger partial charge in [0.15, 0.2) is 0 Å². The number of hydrogen-bond acceptors (Lipinski definition) is 5. The Balaban J connectivity index is 2.02. The molecule has 1 heterocycles. The monoisotopic (exact) mass is 428 g/mol. The van der Waals surface area contributed by atoms with Gasteiger partial charge in [0.25, 0.3) is 10.0 Å². The van der Waals surface area contributed by atoms with Gasteiger partial charge in [0.1, 0.15) is 16.5 Å². The van der Waals surface area contributed by atoms with Gasteiger partial charge in [0, 0.05) is 12.2 Å². The van der Waals surface area contributed by atoms with E-state index in [2.05, 4.69) is 4.72 Å². The Kier molecular flexibility index (Phi) is 5.80. The zero-order chi connectivity index (χ0) is 20.4. The lowest BCUT2D eigenvalue weighted by molar-refractivity contribution is 0.331. The summed E-state index contributed by atoms with van der Waals surface area (Å²) >= 11 is 0. The highest BCUT2D eigenvalue weighted by atomic mass is 32.2. The van der Waals surface area contributed by atoms with E-state index in [1.165, 1.54) is 34.6 Å². The lowest BCUT2D eigenvalue weighted by Gasteiger charge is -2.28. The highest BCUT2D eigenvalue weighted by Gasteiger charge is 2.28. The minimum Gasteiger partial charge on any atom is -0.492 e. The van der Waals surface area contributed by atoms with Gasteiger partial charge in [-0.25, -0.2) is 21.2 Å². The van der Waals surface area contributed by atoms with Crippen molar-refractivity contribution in [2.45, 2.75) is 24.7 Å². The number of rotatable bonds is 6. The minimum atomic E-state index is -4.10. The van der Waals surface area contributed by atoms with E-state index in [1.807, 2.05) is 0 Å². The third-order valence-electron chi connectivity index (χ3n) is 4.25. The second-order valence-corrected chi connectivity index (χ2v) is 9.94. The normalized spacial score (nSPS) is 16.6. The molecule has 0 atom stereocenters. The van der Waals surface area contributed by atoms with Crippen molar-refractivity contribution in [1.29, 1.82) is 0 Å². The molecule has 0 unspecified atom stereocenters. The number of nitrogens with zero attached hydrogens (tertiary/aromatic N) is 1. The Labute approximate surface area is 164 Å². The van der Waals surface area contributed by atoms with E-state index in [4.69, 9.17) is 4.74 Å². The standard InChI is InChI=1S/C18H21FN2O5S2/c1-2-26-17-10-9-16(21-11-3-4-12-27(21,22)23)13-18(17)28(24,25)20-15-7-5-14(19)6-8-15/h5-10,13,20H,2-4,11-12H2,1H3. The van der Waals surface area contributed by atoms with Crippen LogP contribution in [0.15, 0.2) is 47.4 Å². The molecule has 0 spiro atoms. The molecule has 3 rings (SSSR count). The van der Waals surface area contributed by atoms with Gasteiger partial charge in [-0.15, -0.1) is 0 Å². The maximum Gasteiger partial charge on any atom is 0.265 e. The summed E-state index contributed by atoms with van der Waals surface area (Å²) in [6, 6.07) is 9.14. The van der Waals surface area contributed by atoms with Crippen LogP contribution in [-0.4, -0.2) is 35.7 Å². The quantitative estimate of drug-likeness (QED) is 0.764. The molecule has 0 saturated carbocycles. The molecule has 1 saturated heterocycles. The predicted molar refractivity (Wildman–Crippen MR) is 105 cm³/mol. The van der Waals surface area contributed by atoms with Crippen LogP contribution in [0.3, 0.4) is 0 Å². The zero-order valence-electron chi connectivity index (χ0n) is 15.3. The van der Waals surface area contributed by atoms with E-state index in [-0.39, 0.29) is 34.4 Å². The van der Waals surface area contributed by atoms with Gasteiger partial charge in [0.05, 0.1) is 18.0 Å². The molecular weight excluding hydrogens is 407 g/mol. The molecule has 1 N–H and O–H groups in total. The van der Waals surface area contributed by atoms with Gasteiger partial charge in [0.2, 0.25) is 10.0 Å². The molecule has 10 heteroatoms. The van der Waals surface area contributed by atoms with Crippen molar-refractivity contribution < 1.29 is 26.0 Å². The van der Waals surface area contributed by atoms with Crippen LogP contribution in [-0.2, 0) is 20.0 Å². The Bertz CT molecular complexity index is 1050. The van der Waals surface area contributed by atoms with Gasteiger partial charge in [-0.05, 0) is 62.2 Å². The third-order valence-corrected chi connectivity index (χ3v) is 7.52. The number of sulfonamides is 2. The molecule has 28 heavy (non-hydrogen) atoms. The van der Waals surface area contributed by atoms with Crippen LogP contribution >= 0.6 is 0 Å². The predicted octanol–water partition coefficient (Wildman–Crippen LogP) is 2.96. The van der Waals surface area contributed by atoms with Crippen LogP contribution in [0.4, 0.5) is 15.8 Å². The second kappa shape index (κ2) is 7.96. The number of anilines is 2. The first-order valence-corrected chi connectivity index (χ1v) is 11.9. The maximum atomic E-state index is 13.1. The van der Waals surface area contributed by atoms with E-state index in [9.17, 15) is 21.2 Å². The first-order valence-electron chi connectivity index (χ1n) is 8.78. The summed E-state index contributed by atoms with van der Waals surface area (Å²) in [6.45, 7) is 2.24. The molecule has 0 aromatic heterocycles. The highest BCUT2D eigenvalue weighted by molar-refractivity contribution is 7.93. The summed E-state index contributed by atoms with van der Waals surface area (Å²) in [4.78, 5) is -0.183. The number of halogens is 1. The average molecular weight is 429 g/mol. The van der Waals surface area contributed by atoms with Gasteiger partial charge in [-0.1, -0.05) is 0 Å². The smallest absolute Gasteiger partial charge is 0.265 e. The fourth-order valence-corrected chi connectivity index (χ4v) is 5.80. The summed E-state index contributed by atoms with van der Waals surface area (Å²) in [5.41, 5.74) is 0.447. The molecule has 1 aliphatic heterocycles. The molecule has 2 aromatic carbocycles. The summed E-state index contributed by atoms with van der Waals surface area (Å²) in [5, 5.41) is 0. The molecule has 1 aliphatic rings. The fourth-order valence-electron chi connectivity index (χ4n) is 2.94. The summed E-state index contributed by atoms with van der Waals surface area (Å²) in [7, 11) is -7.59. The van der Waals surface area contributed by atoms with Crippen molar-refractivity contribution in [2.75, 3.05) is 27.9 Å². The molecule has 0 bridgehead atoms. The third kappa shape index (κ3) is 4.39. The molecule has 0 radical (unpaired) electrons. The van der Waals surface area contributed by atoms with Gasteiger partial charge >= 0.3 is 0 Å². The van der Waals surface area contributed by atoms with E-state index in [0.717, 1.165) is 12.1 Å². The first kappa shape index (κ1) is 20.4. The van der Waals surface area contributed by atoms with Crippen molar-refractivity contribution in [3.05, 3.63) is 48.3 Å². The SMILES string of the molecule is CCOc1ccc(N2CCCCS2(=O)=O)cc1S(=O)(=O)Nc1ccc(F)cc1. The molecule has 1 fully saturated rings. The lowest BCUT2D eigenvalue weighted by atomic mass is 10.2. The maximum absolute atomic E-state index is 13.1. The number of benzene rings is 2. The van der Waals surface area contributed by atoms with Crippen molar-refractivity contribution in [1.82, 2.24) is 0 Å². The fraction of sp³-hybridized carbons (Fsp3) is 0.333. The molecular formula is C18H21FN2O5S2. The largest absolute Gasteiger partial charge is 0.492 e. The van der Waals surface area contributed by atoms with E-state index in [0.29, 0.717) is 19.4 Å². The minimum absolute atomic E-state index is 0.0239. The molecule has 0 amide bonds. The van der Waals surface area contributed by atoms with Crippen LogP contribution in [0, 0.1) is 5.82 Å². The van der Waals surface area contributed by atoms with Gasteiger partial charge in [-0.3, -0.25) is 9.03 Å². The Morgan fingerprint density at radius 1 is 1.14 bits per heavy atom. The molecule has 0 aliphatic carbocycles. The van der Waals surface area contributed by atoms with Crippen LogP contribution in [0.5, 0.6) is 5.75 Å². The van der Waals surface area contributed by atoms with Crippen molar-refractivity contribution in [3.63, 3.8) is 0 Å². The van der Waals surface area contributed by atoms with Gasteiger partial charge < -0.3 is 4.74 Å². The van der Waals surface area contributed by atoms with Crippen LogP contribution < -0.4 is 13.8 Å². The molecule has 7 nitrogen and oxygen atoms in total. The van der Waals surface area contributed by atoms with Crippen LogP contribution in [0.1, 0.15) is 19.8 Å². The first-order chi connectivity index (χ1) is 13.2. The van der Waals surface area contributed by atoms with Crippen molar-refractivity contribution in [2.24, 2.45) is 0 Å². The van der Waals surface area contributed by atoms with Crippen LogP contribution in [0.25, 0.3) is 0 Å². The number of hydrogen-bond donors (Lipinski definition) is 1. The zero-order valence-corrected chi connectivity index (χ0v) is 16.9. The van der Waals surface area contributed by atoms with Gasteiger partial charge in [-0.2, -0.15) is 0 Å². The van der Waals surface area contributed by atoms with E-state index in [1.54, 1.807) is 6.92 Å². The highest BCUT2D eigenvalue weighted by Crippen LogP contribution is 2.33. The lowest BCUT2D eigenvalue weighted by Crippen LogP contribution is -2.37. The van der Waals surface area contributed by atoms with E-state index < -0.39 is 25.9 Å². The summed E-state index contributed by atoms with van der Waals surface area (Å²) in [6.07, 6.45) is 1.27. The average Bonchev–Trinajstić information content (AvgIpc) is 2.64. The Morgan fingerprint density at radius 2 is 1.86 bits per heavy atom. The second-order valence-electron chi connectivity index (χ2n) is 6.27.